The van der Waals surface area contributed by atoms with Crippen molar-refractivity contribution >= 4 is 9.84 Å². The van der Waals surface area contributed by atoms with Crippen molar-refractivity contribution in [1.29, 1.82) is 0 Å². The van der Waals surface area contributed by atoms with Gasteiger partial charge >= 0.3 is 0 Å². The molecule has 0 aliphatic heterocycles. The minimum atomic E-state index is -2.99. The Kier molecular flexibility index (Phi) is 5.50. The monoisotopic (exact) mass is 325 g/mol. The van der Waals surface area contributed by atoms with E-state index in [1.807, 2.05) is 26.8 Å². The van der Waals surface area contributed by atoms with Crippen molar-refractivity contribution in [2.24, 2.45) is 0 Å². The van der Waals surface area contributed by atoms with Crippen LogP contribution in [0, 0.1) is 6.92 Å². The van der Waals surface area contributed by atoms with E-state index in [0.717, 1.165) is 36.1 Å². The van der Waals surface area contributed by atoms with E-state index in [4.69, 9.17) is 4.74 Å². The molecule has 1 aliphatic carbocycles. The van der Waals surface area contributed by atoms with Crippen LogP contribution < -0.4 is 10.1 Å². The average molecular weight is 325 g/mol. The molecule has 1 aliphatic rings. The number of sulfone groups is 1. The lowest BCUT2D eigenvalue weighted by Gasteiger charge is -2.21. The summed E-state index contributed by atoms with van der Waals surface area (Å²) in [5.41, 5.74) is 2.24. The molecule has 124 valence electrons. The van der Waals surface area contributed by atoms with Gasteiger partial charge in [0.1, 0.15) is 5.75 Å². The number of nitrogens with one attached hydrogen (secondary N) is 1. The van der Waals surface area contributed by atoms with Crippen LogP contribution in [0.1, 0.15) is 44.2 Å². The molecule has 0 unspecified atom stereocenters. The van der Waals surface area contributed by atoms with Gasteiger partial charge in [0.05, 0.1) is 11.4 Å². The summed E-state index contributed by atoms with van der Waals surface area (Å²) in [6, 6.07) is 6.21. The maximum Gasteiger partial charge on any atom is 0.151 e. The summed E-state index contributed by atoms with van der Waals surface area (Å²) in [7, 11) is -2.99. The van der Waals surface area contributed by atoms with Crippen LogP contribution in [-0.2, 0) is 16.4 Å². The van der Waals surface area contributed by atoms with Crippen LogP contribution in [-0.4, -0.2) is 32.1 Å². The highest BCUT2D eigenvalue weighted by Gasteiger charge is 2.34. The van der Waals surface area contributed by atoms with Crippen LogP contribution in [0.4, 0.5) is 0 Å². The molecule has 5 heteroatoms. The largest absolute Gasteiger partial charge is 0.491 e. The van der Waals surface area contributed by atoms with Crippen LogP contribution >= 0.6 is 0 Å². The molecule has 0 heterocycles. The number of ether oxygens (including phenoxy) is 1. The highest BCUT2D eigenvalue weighted by molar-refractivity contribution is 7.91. The van der Waals surface area contributed by atoms with Gasteiger partial charge in [-0.25, -0.2) is 8.42 Å². The first-order valence-corrected chi connectivity index (χ1v) is 9.91. The molecule has 0 saturated heterocycles. The summed E-state index contributed by atoms with van der Waals surface area (Å²) < 4.78 is 29.6. The fourth-order valence-electron chi connectivity index (χ4n) is 3.08. The van der Waals surface area contributed by atoms with E-state index in [-0.39, 0.29) is 17.4 Å². The van der Waals surface area contributed by atoms with E-state index in [9.17, 15) is 8.42 Å². The van der Waals surface area contributed by atoms with Crippen molar-refractivity contribution in [2.75, 3.05) is 6.26 Å². The average Bonchev–Trinajstić information content (AvgIpc) is 2.85. The van der Waals surface area contributed by atoms with Gasteiger partial charge < -0.3 is 10.1 Å². The maximum absolute atomic E-state index is 11.8. The Bertz CT molecular complexity index is 610. The molecule has 4 nitrogen and oxygen atoms in total. The molecule has 2 atom stereocenters. The number of hydrogen-bond acceptors (Lipinski definition) is 4. The predicted molar refractivity (Wildman–Crippen MR) is 90.1 cm³/mol. The quantitative estimate of drug-likeness (QED) is 0.874. The molecule has 0 spiro atoms. The van der Waals surface area contributed by atoms with Crippen LogP contribution in [0.15, 0.2) is 18.2 Å². The lowest BCUT2D eigenvalue weighted by Crippen LogP contribution is -2.39. The van der Waals surface area contributed by atoms with Crippen LogP contribution in [0.2, 0.25) is 0 Å². The van der Waals surface area contributed by atoms with Gasteiger partial charge in [-0.15, -0.1) is 0 Å². The van der Waals surface area contributed by atoms with Gasteiger partial charge in [-0.05, 0) is 45.2 Å². The second kappa shape index (κ2) is 7.01. The zero-order valence-electron chi connectivity index (χ0n) is 13.9. The van der Waals surface area contributed by atoms with Gasteiger partial charge in [0.2, 0.25) is 0 Å². The van der Waals surface area contributed by atoms with Crippen molar-refractivity contribution in [3.8, 4) is 5.75 Å². The first-order chi connectivity index (χ1) is 10.3. The molecule has 2 rings (SSSR count). The highest BCUT2D eigenvalue weighted by atomic mass is 32.2. The Labute approximate surface area is 134 Å². The van der Waals surface area contributed by atoms with Crippen LogP contribution in [0.3, 0.4) is 0 Å². The Balaban J connectivity index is 2.08. The molecule has 1 aromatic rings. The first kappa shape index (κ1) is 17.3. The van der Waals surface area contributed by atoms with Crippen molar-refractivity contribution in [2.45, 2.75) is 64.0 Å². The fourth-order valence-corrected chi connectivity index (χ4v) is 4.51. The summed E-state index contributed by atoms with van der Waals surface area (Å²) >= 11 is 0. The van der Waals surface area contributed by atoms with Crippen molar-refractivity contribution in [3.05, 3.63) is 29.3 Å². The standard InChI is InChI=1S/C17H27NO3S/c1-12(2)21-16-10-13(3)8-9-14(16)11-18-15-6-5-7-17(15)22(4,19)20/h8-10,12,15,17-18H,5-7,11H2,1-4H3/t15-,17+/m0/s1. The minimum Gasteiger partial charge on any atom is -0.491 e. The van der Waals surface area contributed by atoms with Gasteiger partial charge in [0.25, 0.3) is 0 Å². The second-order valence-corrected chi connectivity index (χ2v) is 8.83. The van der Waals surface area contributed by atoms with Crippen LogP contribution in [0.25, 0.3) is 0 Å². The van der Waals surface area contributed by atoms with Crippen LogP contribution in [0.5, 0.6) is 5.75 Å². The minimum absolute atomic E-state index is 0.0446. The van der Waals surface area contributed by atoms with E-state index in [1.165, 1.54) is 6.26 Å². The smallest absolute Gasteiger partial charge is 0.151 e. The Hall–Kier alpha value is -1.07. The molecular weight excluding hydrogens is 298 g/mol. The zero-order valence-corrected chi connectivity index (χ0v) is 14.7. The van der Waals surface area contributed by atoms with E-state index in [1.54, 1.807) is 0 Å². The number of hydrogen-bond donors (Lipinski definition) is 1. The topological polar surface area (TPSA) is 55.4 Å². The lowest BCUT2D eigenvalue weighted by molar-refractivity contribution is 0.239. The molecule has 0 radical (unpaired) electrons. The predicted octanol–water partition coefficient (Wildman–Crippen LogP) is 2.84. The SMILES string of the molecule is Cc1ccc(CN[C@H]2CCC[C@H]2S(C)(=O)=O)c(OC(C)C)c1. The second-order valence-electron chi connectivity index (χ2n) is 6.56. The molecule has 1 N–H and O–H groups in total. The highest BCUT2D eigenvalue weighted by Crippen LogP contribution is 2.27. The van der Waals surface area contributed by atoms with Gasteiger partial charge in [-0.2, -0.15) is 0 Å². The molecule has 1 aromatic carbocycles. The molecule has 22 heavy (non-hydrogen) atoms. The van der Waals surface area contributed by atoms with E-state index in [2.05, 4.69) is 17.4 Å². The number of aryl methyl sites for hydroxylation is 1. The molecular formula is C17H27NO3S. The summed E-state index contributed by atoms with van der Waals surface area (Å²) in [5, 5.41) is 3.17. The Morgan fingerprint density at radius 1 is 1.32 bits per heavy atom. The van der Waals surface area contributed by atoms with E-state index < -0.39 is 9.84 Å². The van der Waals surface area contributed by atoms with Crippen molar-refractivity contribution in [3.63, 3.8) is 0 Å². The van der Waals surface area contributed by atoms with Gasteiger partial charge in [-0.3, -0.25) is 0 Å². The van der Waals surface area contributed by atoms with Crippen molar-refractivity contribution in [1.82, 2.24) is 5.32 Å². The van der Waals surface area contributed by atoms with Gasteiger partial charge in [0, 0.05) is 24.4 Å². The fraction of sp³-hybridized carbons (Fsp3) is 0.647. The molecule has 0 amide bonds. The molecule has 0 bridgehead atoms. The summed E-state index contributed by atoms with van der Waals surface area (Å²) in [6.45, 7) is 6.70. The Morgan fingerprint density at radius 3 is 2.68 bits per heavy atom. The third kappa shape index (κ3) is 4.46. The first-order valence-electron chi connectivity index (χ1n) is 7.96. The van der Waals surface area contributed by atoms with Gasteiger partial charge in [0.15, 0.2) is 9.84 Å². The number of rotatable bonds is 6. The zero-order chi connectivity index (χ0) is 16.3. The third-order valence-electron chi connectivity index (χ3n) is 4.14. The van der Waals surface area contributed by atoms with E-state index in [0.29, 0.717) is 6.54 Å². The molecule has 1 fully saturated rings. The Morgan fingerprint density at radius 2 is 2.05 bits per heavy atom. The molecule has 1 saturated carbocycles. The maximum atomic E-state index is 11.8. The van der Waals surface area contributed by atoms with Gasteiger partial charge in [-0.1, -0.05) is 18.6 Å². The summed E-state index contributed by atoms with van der Waals surface area (Å²) in [6.07, 6.45) is 4.12. The third-order valence-corrected chi connectivity index (χ3v) is 5.81. The summed E-state index contributed by atoms with van der Waals surface area (Å²) in [4.78, 5) is 0. The van der Waals surface area contributed by atoms with Crippen molar-refractivity contribution < 1.29 is 13.2 Å². The van der Waals surface area contributed by atoms with E-state index >= 15 is 0 Å². The normalized spacial score (nSPS) is 22.2. The molecule has 0 aromatic heterocycles. The lowest BCUT2D eigenvalue weighted by atomic mass is 10.1. The summed E-state index contributed by atoms with van der Waals surface area (Å²) in [5.74, 6) is 0.886. The number of benzene rings is 1.